The van der Waals surface area contributed by atoms with E-state index in [1.54, 1.807) is 11.6 Å². The summed E-state index contributed by atoms with van der Waals surface area (Å²) in [5.41, 5.74) is 8.39. The van der Waals surface area contributed by atoms with Crippen LogP contribution in [0.3, 0.4) is 0 Å². The molecule has 25 heavy (non-hydrogen) atoms. The van der Waals surface area contributed by atoms with E-state index in [1.807, 2.05) is 6.92 Å². The number of nitrogens with zero attached hydrogens (tertiary/aromatic N) is 2. The van der Waals surface area contributed by atoms with Gasteiger partial charge in [0.05, 0.1) is 18.3 Å². The highest BCUT2D eigenvalue weighted by atomic mass is 32.1. The van der Waals surface area contributed by atoms with Crippen molar-refractivity contribution in [2.75, 3.05) is 19.4 Å². The van der Waals surface area contributed by atoms with Crippen molar-refractivity contribution in [3.63, 3.8) is 0 Å². The van der Waals surface area contributed by atoms with Gasteiger partial charge in [-0.25, -0.2) is 14.4 Å². The third-order valence-electron chi connectivity index (χ3n) is 3.77. The average molecular weight is 360 g/mol. The fourth-order valence-electron chi connectivity index (χ4n) is 2.57. The molecule has 0 aliphatic rings. The second-order valence-corrected chi connectivity index (χ2v) is 6.21. The molecule has 0 fully saturated rings. The van der Waals surface area contributed by atoms with E-state index in [2.05, 4.69) is 15.3 Å². The highest BCUT2D eigenvalue weighted by molar-refractivity contribution is 7.13. The van der Waals surface area contributed by atoms with Crippen LogP contribution in [-0.2, 0) is 0 Å². The van der Waals surface area contributed by atoms with Crippen LogP contribution < -0.4 is 15.8 Å². The van der Waals surface area contributed by atoms with E-state index in [4.69, 9.17) is 10.5 Å². The highest BCUT2D eigenvalue weighted by Crippen LogP contribution is 2.40. The SMILES string of the molecule is CCCNC(=O)c1ncc2c(-c3scnc3OC)c(F)ccc2c1N. The zero-order valence-electron chi connectivity index (χ0n) is 13.8. The van der Waals surface area contributed by atoms with Gasteiger partial charge in [0.15, 0.2) is 5.69 Å². The van der Waals surface area contributed by atoms with E-state index in [0.717, 1.165) is 6.42 Å². The van der Waals surface area contributed by atoms with Gasteiger partial charge in [-0.2, -0.15) is 0 Å². The Morgan fingerprint density at radius 2 is 2.16 bits per heavy atom. The molecule has 0 unspecified atom stereocenters. The summed E-state index contributed by atoms with van der Waals surface area (Å²) >= 11 is 1.26. The summed E-state index contributed by atoms with van der Waals surface area (Å²) in [6.45, 7) is 2.49. The predicted molar refractivity (Wildman–Crippen MR) is 96.4 cm³/mol. The molecule has 0 atom stereocenters. The molecule has 0 saturated heterocycles. The first-order chi connectivity index (χ1) is 12.1. The van der Waals surface area contributed by atoms with Crippen LogP contribution in [0.5, 0.6) is 5.88 Å². The van der Waals surface area contributed by atoms with Gasteiger partial charge in [-0.3, -0.25) is 4.79 Å². The Balaban J connectivity index is 2.19. The van der Waals surface area contributed by atoms with Crippen molar-refractivity contribution in [2.45, 2.75) is 13.3 Å². The lowest BCUT2D eigenvalue weighted by Gasteiger charge is -2.12. The third-order valence-corrected chi connectivity index (χ3v) is 4.59. The lowest BCUT2D eigenvalue weighted by Crippen LogP contribution is -2.26. The van der Waals surface area contributed by atoms with Crippen LogP contribution in [0.1, 0.15) is 23.8 Å². The van der Waals surface area contributed by atoms with E-state index in [1.165, 1.54) is 30.7 Å². The van der Waals surface area contributed by atoms with Gasteiger partial charge >= 0.3 is 0 Å². The second-order valence-electron chi connectivity index (χ2n) is 5.35. The maximum absolute atomic E-state index is 14.5. The lowest BCUT2D eigenvalue weighted by atomic mass is 10.0. The number of amides is 1. The number of hydrogen-bond donors (Lipinski definition) is 2. The number of methoxy groups -OCH3 is 1. The highest BCUT2D eigenvalue weighted by Gasteiger charge is 2.21. The van der Waals surface area contributed by atoms with Crippen LogP contribution in [0.2, 0.25) is 0 Å². The van der Waals surface area contributed by atoms with E-state index in [0.29, 0.717) is 33.6 Å². The molecular formula is C17H17FN4O2S. The van der Waals surface area contributed by atoms with Gasteiger partial charge in [0.2, 0.25) is 5.88 Å². The fourth-order valence-corrected chi connectivity index (χ4v) is 3.39. The number of halogens is 1. The van der Waals surface area contributed by atoms with Crippen molar-refractivity contribution in [1.82, 2.24) is 15.3 Å². The van der Waals surface area contributed by atoms with Gasteiger partial charge in [0, 0.05) is 29.1 Å². The number of nitrogens with one attached hydrogen (secondary N) is 1. The summed E-state index contributed by atoms with van der Waals surface area (Å²) in [6, 6.07) is 2.87. The zero-order valence-corrected chi connectivity index (χ0v) is 14.6. The number of carbonyl (C=O) groups is 1. The minimum atomic E-state index is -0.431. The third kappa shape index (κ3) is 3.00. The summed E-state index contributed by atoms with van der Waals surface area (Å²) in [6.07, 6.45) is 2.27. The first-order valence-electron chi connectivity index (χ1n) is 7.71. The molecule has 3 aromatic rings. The Morgan fingerprint density at radius 3 is 2.88 bits per heavy atom. The van der Waals surface area contributed by atoms with Crippen molar-refractivity contribution in [2.24, 2.45) is 0 Å². The fraction of sp³-hybridized carbons (Fsp3) is 0.235. The maximum atomic E-state index is 14.5. The second kappa shape index (κ2) is 7.02. The molecule has 1 amide bonds. The van der Waals surface area contributed by atoms with Gasteiger partial charge in [-0.05, 0) is 18.6 Å². The van der Waals surface area contributed by atoms with Crippen molar-refractivity contribution >= 4 is 33.7 Å². The number of benzene rings is 1. The number of nitrogen functional groups attached to an aromatic ring is 1. The van der Waals surface area contributed by atoms with Crippen LogP contribution in [-0.4, -0.2) is 29.5 Å². The van der Waals surface area contributed by atoms with Crippen molar-refractivity contribution in [3.8, 4) is 16.3 Å². The van der Waals surface area contributed by atoms with Gasteiger partial charge in [0.25, 0.3) is 5.91 Å². The minimum absolute atomic E-state index is 0.134. The molecule has 6 nitrogen and oxygen atoms in total. The van der Waals surface area contributed by atoms with Gasteiger partial charge in [-0.15, -0.1) is 11.3 Å². The number of pyridine rings is 1. The van der Waals surface area contributed by atoms with Gasteiger partial charge in [0.1, 0.15) is 10.7 Å². The summed E-state index contributed by atoms with van der Waals surface area (Å²) in [4.78, 5) is 21.0. The standard InChI is InChI=1S/C17H17FN4O2S/c1-3-6-20-16(23)14-13(19)9-4-5-11(18)12(10(9)7-21-14)15-17(24-2)22-8-25-15/h4-5,7-8H,3,6,19H2,1-2H3,(H,20,23). The minimum Gasteiger partial charge on any atom is -0.480 e. The van der Waals surface area contributed by atoms with Crippen molar-refractivity contribution in [1.29, 1.82) is 0 Å². The van der Waals surface area contributed by atoms with E-state index >= 15 is 0 Å². The van der Waals surface area contributed by atoms with E-state index < -0.39 is 5.82 Å². The smallest absolute Gasteiger partial charge is 0.272 e. The molecule has 0 aliphatic carbocycles. The van der Waals surface area contributed by atoms with Crippen LogP contribution in [0.15, 0.2) is 23.8 Å². The summed E-state index contributed by atoms with van der Waals surface area (Å²) in [5.74, 6) is -0.443. The Morgan fingerprint density at radius 1 is 1.36 bits per heavy atom. The molecule has 0 saturated carbocycles. The molecule has 0 spiro atoms. The number of hydrogen-bond acceptors (Lipinski definition) is 6. The number of ether oxygens (including phenoxy) is 1. The number of fused-ring (bicyclic) bond motifs is 1. The van der Waals surface area contributed by atoms with Gasteiger partial charge in [-0.1, -0.05) is 6.92 Å². The molecule has 2 heterocycles. The molecular weight excluding hydrogens is 343 g/mol. The summed E-state index contributed by atoms with van der Waals surface area (Å²) in [7, 11) is 1.48. The van der Waals surface area contributed by atoms with Crippen LogP contribution in [0.25, 0.3) is 21.2 Å². The maximum Gasteiger partial charge on any atom is 0.272 e. The van der Waals surface area contributed by atoms with Crippen LogP contribution in [0, 0.1) is 5.82 Å². The number of anilines is 1. The van der Waals surface area contributed by atoms with E-state index in [9.17, 15) is 9.18 Å². The van der Waals surface area contributed by atoms with Crippen molar-refractivity contribution in [3.05, 3.63) is 35.4 Å². The Labute approximate surface area is 147 Å². The molecule has 3 rings (SSSR count). The molecule has 1 aromatic carbocycles. The normalized spacial score (nSPS) is 10.8. The number of thiazole rings is 1. The Hall–Kier alpha value is -2.74. The number of rotatable bonds is 5. The topological polar surface area (TPSA) is 90.1 Å². The first-order valence-corrected chi connectivity index (χ1v) is 8.59. The molecule has 0 bridgehead atoms. The molecule has 0 radical (unpaired) electrons. The number of aromatic nitrogens is 2. The summed E-state index contributed by atoms with van der Waals surface area (Å²) in [5, 5.41) is 3.81. The average Bonchev–Trinajstić information content (AvgIpc) is 3.08. The van der Waals surface area contributed by atoms with Crippen LogP contribution in [0.4, 0.5) is 10.1 Å². The zero-order chi connectivity index (χ0) is 18.0. The molecule has 0 aliphatic heterocycles. The number of nitrogens with two attached hydrogens (primary N) is 1. The quantitative estimate of drug-likeness (QED) is 0.729. The Kier molecular flexibility index (Phi) is 4.80. The molecule has 3 N–H and O–H groups in total. The van der Waals surface area contributed by atoms with E-state index in [-0.39, 0.29) is 17.3 Å². The predicted octanol–water partition coefficient (Wildman–Crippen LogP) is 3.23. The molecule has 8 heteroatoms. The number of carbonyl (C=O) groups excluding carboxylic acids is 1. The molecule has 2 aromatic heterocycles. The molecule has 130 valence electrons. The monoisotopic (exact) mass is 360 g/mol. The van der Waals surface area contributed by atoms with Crippen molar-refractivity contribution < 1.29 is 13.9 Å². The Bertz CT molecular complexity index is 942. The largest absolute Gasteiger partial charge is 0.480 e. The summed E-state index contributed by atoms with van der Waals surface area (Å²) < 4.78 is 19.7. The van der Waals surface area contributed by atoms with Crippen LogP contribution >= 0.6 is 11.3 Å². The lowest BCUT2D eigenvalue weighted by molar-refractivity contribution is 0.0950. The van der Waals surface area contributed by atoms with Gasteiger partial charge < -0.3 is 15.8 Å². The first kappa shape index (κ1) is 17.1.